The second-order valence-corrected chi connectivity index (χ2v) is 3.65. The minimum Gasteiger partial charge on any atom is -0.472 e. The lowest BCUT2D eigenvalue weighted by Gasteiger charge is -2.02. The smallest absolute Gasteiger partial charge is 0.180 e. The fraction of sp³-hybridized carbons (Fsp3) is 0.125. The van der Waals surface area contributed by atoms with E-state index in [4.69, 9.17) is 10.2 Å². The highest BCUT2D eigenvalue weighted by Crippen LogP contribution is 2.27. The molecule has 0 aliphatic heterocycles. The van der Waals surface area contributed by atoms with Gasteiger partial charge in [-0.2, -0.15) is 0 Å². The van der Waals surface area contributed by atoms with Crippen LogP contribution in [0, 0.1) is 0 Å². The Morgan fingerprint density at radius 1 is 1.62 bits per heavy atom. The highest BCUT2D eigenvalue weighted by molar-refractivity contribution is 7.15. The largest absolute Gasteiger partial charge is 0.472 e. The van der Waals surface area contributed by atoms with Gasteiger partial charge in [0, 0.05) is 11.8 Å². The number of aliphatic hydroxyl groups excluding tert-OH is 1. The first-order valence-corrected chi connectivity index (χ1v) is 4.50. The van der Waals surface area contributed by atoms with Gasteiger partial charge in [0.05, 0.1) is 17.4 Å². The SMILES string of the molecule is Nc1ncc(C(O)c2ccoc2)s1. The molecular weight excluding hydrogens is 188 g/mol. The normalized spacial score (nSPS) is 13.0. The van der Waals surface area contributed by atoms with E-state index in [0.29, 0.717) is 10.7 Å². The minimum absolute atomic E-state index is 0.456. The van der Waals surface area contributed by atoms with Crippen LogP contribution in [0.1, 0.15) is 16.5 Å². The molecule has 0 fully saturated rings. The van der Waals surface area contributed by atoms with Crippen LogP contribution in [0.15, 0.2) is 29.2 Å². The molecule has 68 valence electrons. The van der Waals surface area contributed by atoms with Gasteiger partial charge in [-0.1, -0.05) is 11.3 Å². The van der Waals surface area contributed by atoms with E-state index >= 15 is 0 Å². The maximum atomic E-state index is 9.75. The molecule has 2 aromatic rings. The summed E-state index contributed by atoms with van der Waals surface area (Å²) in [6, 6.07) is 1.71. The fourth-order valence-corrected chi connectivity index (χ4v) is 1.72. The first kappa shape index (κ1) is 8.28. The van der Waals surface area contributed by atoms with Crippen molar-refractivity contribution in [1.82, 2.24) is 4.98 Å². The van der Waals surface area contributed by atoms with Crippen molar-refractivity contribution in [2.45, 2.75) is 6.10 Å². The molecule has 5 heteroatoms. The molecule has 0 radical (unpaired) electrons. The number of hydrogen-bond donors (Lipinski definition) is 2. The van der Waals surface area contributed by atoms with Gasteiger partial charge in [-0.3, -0.25) is 0 Å². The minimum atomic E-state index is -0.687. The number of rotatable bonds is 2. The molecule has 0 aliphatic rings. The van der Waals surface area contributed by atoms with Crippen LogP contribution >= 0.6 is 11.3 Å². The molecule has 2 heterocycles. The summed E-state index contributed by atoms with van der Waals surface area (Å²) >= 11 is 1.27. The van der Waals surface area contributed by atoms with Gasteiger partial charge in [0.15, 0.2) is 5.13 Å². The third kappa shape index (κ3) is 1.56. The second kappa shape index (κ2) is 3.20. The van der Waals surface area contributed by atoms with E-state index in [9.17, 15) is 5.11 Å². The van der Waals surface area contributed by atoms with Crippen LogP contribution in [0.4, 0.5) is 5.13 Å². The third-order valence-electron chi connectivity index (χ3n) is 1.67. The van der Waals surface area contributed by atoms with Gasteiger partial charge in [0.2, 0.25) is 0 Å². The monoisotopic (exact) mass is 196 g/mol. The van der Waals surface area contributed by atoms with E-state index in [1.807, 2.05) is 0 Å². The molecule has 4 nitrogen and oxygen atoms in total. The van der Waals surface area contributed by atoms with Gasteiger partial charge in [-0.15, -0.1) is 0 Å². The van der Waals surface area contributed by atoms with E-state index in [1.165, 1.54) is 23.9 Å². The number of anilines is 1. The Bertz CT molecular complexity index is 383. The predicted molar refractivity (Wildman–Crippen MR) is 49.3 cm³/mol. The van der Waals surface area contributed by atoms with Gasteiger partial charge in [0.1, 0.15) is 6.10 Å². The van der Waals surface area contributed by atoms with Crippen molar-refractivity contribution in [3.8, 4) is 0 Å². The van der Waals surface area contributed by atoms with Crippen molar-refractivity contribution in [3.63, 3.8) is 0 Å². The summed E-state index contributed by atoms with van der Waals surface area (Å²) in [5, 5.41) is 10.2. The van der Waals surface area contributed by atoms with E-state index in [2.05, 4.69) is 4.98 Å². The van der Waals surface area contributed by atoms with Crippen LogP contribution in [0.5, 0.6) is 0 Å². The number of nitrogen functional groups attached to an aromatic ring is 1. The average Bonchev–Trinajstić information content (AvgIpc) is 2.72. The van der Waals surface area contributed by atoms with Crippen molar-refractivity contribution < 1.29 is 9.52 Å². The fourth-order valence-electron chi connectivity index (χ4n) is 1.02. The van der Waals surface area contributed by atoms with Crippen molar-refractivity contribution in [3.05, 3.63) is 35.2 Å². The molecule has 3 N–H and O–H groups in total. The van der Waals surface area contributed by atoms with Gasteiger partial charge in [0.25, 0.3) is 0 Å². The summed E-state index contributed by atoms with van der Waals surface area (Å²) in [5.41, 5.74) is 6.15. The number of furan rings is 1. The average molecular weight is 196 g/mol. The molecule has 2 aromatic heterocycles. The Morgan fingerprint density at radius 2 is 2.46 bits per heavy atom. The predicted octanol–water partition coefficient (Wildman–Crippen LogP) is 1.40. The first-order valence-electron chi connectivity index (χ1n) is 3.69. The van der Waals surface area contributed by atoms with E-state index in [-0.39, 0.29) is 0 Å². The van der Waals surface area contributed by atoms with Crippen LogP contribution in [-0.4, -0.2) is 10.1 Å². The van der Waals surface area contributed by atoms with Crippen LogP contribution in [-0.2, 0) is 0 Å². The van der Waals surface area contributed by atoms with Crippen molar-refractivity contribution in [2.75, 3.05) is 5.73 Å². The van der Waals surface area contributed by atoms with E-state index in [0.717, 1.165) is 4.88 Å². The molecule has 1 atom stereocenters. The summed E-state index contributed by atoms with van der Waals surface area (Å²) in [6.07, 6.45) is 3.90. The van der Waals surface area contributed by atoms with Crippen LogP contribution in [0.2, 0.25) is 0 Å². The molecule has 0 saturated carbocycles. The first-order chi connectivity index (χ1) is 6.27. The van der Waals surface area contributed by atoms with Crippen LogP contribution in [0.25, 0.3) is 0 Å². The topological polar surface area (TPSA) is 72.3 Å². The Balaban J connectivity index is 2.28. The number of hydrogen-bond acceptors (Lipinski definition) is 5. The van der Waals surface area contributed by atoms with E-state index < -0.39 is 6.10 Å². The Morgan fingerprint density at radius 3 is 3.00 bits per heavy atom. The quantitative estimate of drug-likeness (QED) is 0.761. The maximum absolute atomic E-state index is 9.75. The van der Waals surface area contributed by atoms with Crippen molar-refractivity contribution >= 4 is 16.5 Å². The highest BCUT2D eigenvalue weighted by atomic mass is 32.1. The second-order valence-electron chi connectivity index (χ2n) is 2.56. The number of nitrogens with zero attached hydrogens (tertiary/aromatic N) is 1. The molecule has 0 amide bonds. The zero-order valence-corrected chi connectivity index (χ0v) is 7.49. The lowest BCUT2D eigenvalue weighted by molar-refractivity contribution is 0.223. The molecule has 13 heavy (non-hydrogen) atoms. The zero-order valence-electron chi connectivity index (χ0n) is 6.68. The summed E-state index contributed by atoms with van der Waals surface area (Å²) in [4.78, 5) is 4.57. The summed E-state index contributed by atoms with van der Waals surface area (Å²) in [5.74, 6) is 0. The zero-order chi connectivity index (χ0) is 9.26. The van der Waals surface area contributed by atoms with E-state index in [1.54, 1.807) is 12.3 Å². The number of aromatic nitrogens is 1. The Kier molecular flexibility index (Phi) is 2.03. The lowest BCUT2D eigenvalue weighted by Crippen LogP contribution is -1.93. The third-order valence-corrected chi connectivity index (χ3v) is 2.55. The molecule has 0 spiro atoms. The molecule has 1 unspecified atom stereocenters. The molecule has 0 aromatic carbocycles. The summed E-state index contributed by atoms with van der Waals surface area (Å²) < 4.78 is 4.86. The van der Waals surface area contributed by atoms with Gasteiger partial charge in [-0.25, -0.2) is 4.98 Å². The van der Waals surface area contributed by atoms with Gasteiger partial charge < -0.3 is 15.3 Å². The number of nitrogens with two attached hydrogens (primary N) is 1. The standard InChI is InChI=1S/C8H8N2O2S/c9-8-10-3-6(13-8)7(11)5-1-2-12-4-5/h1-4,7,11H,(H2,9,10). The number of thiazole rings is 1. The molecule has 0 bridgehead atoms. The van der Waals surface area contributed by atoms with Crippen molar-refractivity contribution in [2.24, 2.45) is 0 Å². The lowest BCUT2D eigenvalue weighted by atomic mass is 10.2. The summed E-state index contributed by atoms with van der Waals surface area (Å²) in [7, 11) is 0. The Hall–Kier alpha value is -1.33. The van der Waals surface area contributed by atoms with Gasteiger partial charge in [-0.05, 0) is 6.07 Å². The van der Waals surface area contributed by atoms with Crippen LogP contribution in [0.3, 0.4) is 0 Å². The highest BCUT2D eigenvalue weighted by Gasteiger charge is 2.13. The maximum Gasteiger partial charge on any atom is 0.180 e. The Labute approximate surface area is 78.6 Å². The molecular formula is C8H8N2O2S. The van der Waals surface area contributed by atoms with Crippen LogP contribution < -0.4 is 5.73 Å². The molecule has 0 aliphatic carbocycles. The van der Waals surface area contributed by atoms with Crippen molar-refractivity contribution in [1.29, 1.82) is 0 Å². The molecule has 0 saturated heterocycles. The summed E-state index contributed by atoms with van der Waals surface area (Å²) in [6.45, 7) is 0. The molecule has 2 rings (SSSR count). The van der Waals surface area contributed by atoms with Gasteiger partial charge >= 0.3 is 0 Å². The number of aliphatic hydroxyl groups is 1.